The summed E-state index contributed by atoms with van der Waals surface area (Å²) in [6.07, 6.45) is 0.119. The zero-order valence-corrected chi connectivity index (χ0v) is 22.3. The second-order valence-electron chi connectivity index (χ2n) is 8.66. The maximum atomic E-state index is 14.8. The van der Waals surface area contributed by atoms with E-state index in [1.807, 2.05) is 22.6 Å². The molecule has 3 aromatic heterocycles. The van der Waals surface area contributed by atoms with Gasteiger partial charge in [-0.25, -0.2) is 14.0 Å². The van der Waals surface area contributed by atoms with Gasteiger partial charge in [-0.15, -0.1) is 0 Å². The van der Waals surface area contributed by atoms with E-state index in [-0.39, 0.29) is 58.8 Å². The number of nitrogens with one attached hydrogen (secondary N) is 2. The molecular weight excluding hydrogens is 612 g/mol. The summed E-state index contributed by atoms with van der Waals surface area (Å²) in [5.74, 6) is -1.29. The average Bonchev–Trinajstić information content (AvgIpc) is 3.25. The molecule has 3 heterocycles. The Balaban J connectivity index is 1.93. The van der Waals surface area contributed by atoms with Crippen molar-refractivity contribution in [2.24, 2.45) is 7.05 Å². The number of rotatable bonds is 6. The third-order valence-electron chi connectivity index (χ3n) is 6.28. The molecule has 0 saturated carbocycles. The molecule has 0 radical (unpaired) electrons. The highest BCUT2D eigenvalue weighted by Gasteiger charge is 2.24. The first-order chi connectivity index (χ1) is 18.1. The van der Waals surface area contributed by atoms with Crippen molar-refractivity contribution in [2.45, 2.75) is 19.9 Å². The van der Waals surface area contributed by atoms with Crippen molar-refractivity contribution in [1.29, 1.82) is 0 Å². The fourth-order valence-electron chi connectivity index (χ4n) is 4.45. The minimum Gasteiger partial charge on any atom is -0.408 e. The van der Waals surface area contributed by atoms with E-state index in [2.05, 4.69) is 10.3 Å². The highest BCUT2D eigenvalue weighted by atomic mass is 127. The molecule has 0 fully saturated rings. The van der Waals surface area contributed by atoms with Gasteiger partial charge in [-0.1, -0.05) is 0 Å². The smallest absolute Gasteiger partial charge is 0.408 e. The zero-order valence-electron chi connectivity index (χ0n) is 20.2. The molecule has 5 aromatic rings. The van der Waals surface area contributed by atoms with E-state index >= 15 is 0 Å². The number of fused-ring (bicyclic) bond motifs is 2. The van der Waals surface area contributed by atoms with Gasteiger partial charge in [0, 0.05) is 29.3 Å². The minimum absolute atomic E-state index is 0.00926. The van der Waals surface area contributed by atoms with E-state index in [4.69, 9.17) is 4.42 Å². The lowest BCUT2D eigenvalue weighted by atomic mass is 10.1. The normalized spacial score (nSPS) is 11.5. The molecular formula is C25H21FIN5O6. The van der Waals surface area contributed by atoms with Gasteiger partial charge in [-0.3, -0.25) is 28.3 Å². The maximum absolute atomic E-state index is 14.8. The Morgan fingerprint density at radius 3 is 2.58 bits per heavy atom. The number of H-pyrrole nitrogens is 1. The Morgan fingerprint density at radius 2 is 1.87 bits per heavy atom. The van der Waals surface area contributed by atoms with Crippen LogP contribution in [0.15, 0.2) is 60.0 Å². The lowest BCUT2D eigenvalue weighted by Gasteiger charge is -2.20. The van der Waals surface area contributed by atoms with Gasteiger partial charge in [0.2, 0.25) is 0 Å². The fourth-order valence-corrected chi connectivity index (χ4v) is 4.90. The fraction of sp³-hybridized carbons (Fsp3) is 0.200. The van der Waals surface area contributed by atoms with Gasteiger partial charge in [0.05, 0.1) is 22.4 Å². The van der Waals surface area contributed by atoms with Crippen LogP contribution in [0, 0.1) is 16.3 Å². The van der Waals surface area contributed by atoms with Gasteiger partial charge in [0.1, 0.15) is 17.0 Å². The van der Waals surface area contributed by atoms with Gasteiger partial charge in [0.25, 0.3) is 11.1 Å². The molecule has 13 heteroatoms. The predicted molar refractivity (Wildman–Crippen MR) is 148 cm³/mol. The summed E-state index contributed by atoms with van der Waals surface area (Å²) in [6, 6.07) is 8.94. The van der Waals surface area contributed by atoms with E-state index in [0.29, 0.717) is 9.09 Å². The Labute approximate surface area is 225 Å². The van der Waals surface area contributed by atoms with Crippen LogP contribution in [0.3, 0.4) is 0 Å². The van der Waals surface area contributed by atoms with Crippen LogP contribution >= 0.6 is 22.6 Å². The first-order valence-corrected chi connectivity index (χ1v) is 12.6. The second kappa shape index (κ2) is 9.72. The van der Waals surface area contributed by atoms with Crippen LogP contribution in [0.2, 0.25) is 0 Å². The van der Waals surface area contributed by atoms with Gasteiger partial charge in [-0.05, 0) is 72.3 Å². The molecule has 0 aliphatic rings. The summed E-state index contributed by atoms with van der Waals surface area (Å²) in [4.78, 5) is 55.0. The van der Waals surface area contributed by atoms with E-state index in [1.54, 1.807) is 6.07 Å². The van der Waals surface area contributed by atoms with Crippen LogP contribution in [-0.2, 0) is 13.6 Å². The lowest BCUT2D eigenvalue weighted by Crippen LogP contribution is -2.41. The number of halogens is 2. The number of pyridine rings is 1. The number of hydrogen-bond acceptors (Lipinski definition) is 7. The van der Waals surface area contributed by atoms with Gasteiger partial charge < -0.3 is 14.8 Å². The van der Waals surface area contributed by atoms with Crippen molar-refractivity contribution >= 4 is 56.1 Å². The molecule has 5 rings (SSSR count). The topological polar surface area (TPSA) is 144 Å². The summed E-state index contributed by atoms with van der Waals surface area (Å²) in [6.45, 7) is 1.12. The number of aliphatic hydroxyl groups is 1. The zero-order chi connectivity index (χ0) is 27.3. The number of aromatic nitrogens is 4. The maximum Gasteiger partial charge on any atom is 0.417 e. The molecule has 0 unspecified atom stereocenters. The third kappa shape index (κ3) is 4.16. The number of nitrogens with zero attached hydrogens (tertiary/aromatic N) is 3. The van der Waals surface area contributed by atoms with Crippen LogP contribution in [-0.4, -0.2) is 30.4 Å². The molecule has 0 aliphatic heterocycles. The summed E-state index contributed by atoms with van der Waals surface area (Å²) in [7, 11) is 1.44. The van der Waals surface area contributed by atoms with Crippen LogP contribution in [0.1, 0.15) is 12.0 Å². The molecule has 38 heavy (non-hydrogen) atoms. The van der Waals surface area contributed by atoms with Gasteiger partial charge >= 0.3 is 11.4 Å². The molecule has 196 valence electrons. The molecule has 11 nitrogen and oxygen atoms in total. The quantitative estimate of drug-likeness (QED) is 0.244. The number of aromatic amines is 1. The molecule has 0 atom stereocenters. The second-order valence-corrected chi connectivity index (χ2v) is 9.90. The SMILES string of the molecule is Cc1c(=O)n(C)c(Nc2ccc(I)cc2F)c2c(=O)n(CCCO)c(=O)n(-c3ccc4oc(=O)[nH]c4c3)c12. The van der Waals surface area contributed by atoms with Crippen molar-refractivity contribution in [1.82, 2.24) is 18.7 Å². The van der Waals surface area contributed by atoms with Crippen molar-refractivity contribution in [2.75, 3.05) is 11.9 Å². The monoisotopic (exact) mass is 633 g/mol. The lowest BCUT2D eigenvalue weighted by molar-refractivity contribution is 0.278. The van der Waals surface area contributed by atoms with Gasteiger partial charge in [-0.2, -0.15) is 0 Å². The van der Waals surface area contributed by atoms with E-state index in [1.165, 1.54) is 53.4 Å². The summed E-state index contributed by atoms with van der Waals surface area (Å²) >= 11 is 1.96. The summed E-state index contributed by atoms with van der Waals surface area (Å²) < 4.78 is 23.9. The largest absolute Gasteiger partial charge is 0.417 e. The van der Waals surface area contributed by atoms with E-state index in [0.717, 1.165) is 4.57 Å². The number of aliphatic hydroxyl groups excluding tert-OH is 1. The summed E-state index contributed by atoms with van der Waals surface area (Å²) in [5, 5.41) is 12.2. The molecule has 2 aromatic carbocycles. The number of oxazole rings is 1. The van der Waals surface area contributed by atoms with Crippen LogP contribution in [0.4, 0.5) is 15.9 Å². The van der Waals surface area contributed by atoms with Crippen LogP contribution in [0.5, 0.6) is 0 Å². The molecule has 0 amide bonds. The van der Waals surface area contributed by atoms with Crippen LogP contribution in [0.25, 0.3) is 27.7 Å². The standard InChI is InChI=1S/C25H21FIN5O6/c1-12-20-19(21(30(2)22(12)34)28-16-6-4-13(27)10-15(16)26)23(35)31(8-3-9-33)25(37)32(20)14-5-7-18-17(11-14)29-24(36)38-18/h4-7,10-11,28,33H,3,8-9H2,1-2H3,(H,29,36). The highest BCUT2D eigenvalue weighted by Crippen LogP contribution is 2.28. The average molecular weight is 633 g/mol. The minimum atomic E-state index is -0.746. The number of hydrogen-bond donors (Lipinski definition) is 3. The Morgan fingerprint density at radius 1 is 1.11 bits per heavy atom. The highest BCUT2D eigenvalue weighted by molar-refractivity contribution is 14.1. The first kappa shape index (κ1) is 25.7. The molecule has 0 spiro atoms. The molecule has 0 aliphatic carbocycles. The van der Waals surface area contributed by atoms with E-state index < -0.39 is 28.4 Å². The Hall–Kier alpha value is -3.98. The molecule has 0 saturated heterocycles. The number of aryl methyl sites for hydroxylation is 1. The van der Waals surface area contributed by atoms with Gasteiger partial charge in [0.15, 0.2) is 5.58 Å². The number of benzene rings is 2. The van der Waals surface area contributed by atoms with Crippen LogP contribution < -0.4 is 27.9 Å². The molecule has 3 N–H and O–H groups in total. The van der Waals surface area contributed by atoms with E-state index in [9.17, 15) is 28.7 Å². The summed E-state index contributed by atoms with van der Waals surface area (Å²) in [5.41, 5.74) is -0.974. The van der Waals surface area contributed by atoms with Crippen molar-refractivity contribution in [3.05, 3.63) is 93.1 Å². The Kier molecular flexibility index (Phi) is 6.56. The van der Waals surface area contributed by atoms with Crippen molar-refractivity contribution in [3.63, 3.8) is 0 Å². The van der Waals surface area contributed by atoms with Crippen molar-refractivity contribution < 1.29 is 13.9 Å². The van der Waals surface area contributed by atoms with Crippen molar-refractivity contribution in [3.8, 4) is 5.69 Å². The Bertz CT molecular complexity index is 1980. The molecule has 0 bridgehead atoms. The predicted octanol–water partition coefficient (Wildman–Crippen LogP) is 2.46. The number of anilines is 2. The first-order valence-electron chi connectivity index (χ1n) is 11.5. The third-order valence-corrected chi connectivity index (χ3v) is 6.95.